The number of aliphatic carboxylic acids is 1. The zero-order chi connectivity index (χ0) is 14.8. The minimum absolute atomic E-state index is 0.0208. The van der Waals surface area contributed by atoms with E-state index >= 15 is 0 Å². The van der Waals surface area contributed by atoms with Crippen LogP contribution < -0.4 is 0 Å². The molecule has 2 rings (SSSR count). The summed E-state index contributed by atoms with van der Waals surface area (Å²) in [6.45, 7) is 4.47. The molecule has 108 valence electrons. The van der Waals surface area contributed by atoms with Crippen molar-refractivity contribution < 1.29 is 14.7 Å². The van der Waals surface area contributed by atoms with Gasteiger partial charge in [0.15, 0.2) is 0 Å². The molecular weight excluding hydrogens is 254 g/mol. The zero-order valence-electron chi connectivity index (χ0n) is 12.0. The monoisotopic (exact) mass is 275 g/mol. The van der Waals surface area contributed by atoms with E-state index in [0.29, 0.717) is 6.54 Å². The van der Waals surface area contributed by atoms with Crippen molar-refractivity contribution in [2.24, 2.45) is 0 Å². The minimum Gasteiger partial charge on any atom is -0.481 e. The molecular formula is C16H21NO3. The number of carboxylic acids is 1. The third-order valence-corrected chi connectivity index (χ3v) is 4.08. The third kappa shape index (κ3) is 2.84. The molecule has 1 fully saturated rings. The summed E-state index contributed by atoms with van der Waals surface area (Å²) < 4.78 is 0. The summed E-state index contributed by atoms with van der Waals surface area (Å²) >= 11 is 0. The molecule has 1 aromatic carbocycles. The number of carbonyl (C=O) groups is 2. The molecule has 1 atom stereocenters. The quantitative estimate of drug-likeness (QED) is 0.918. The Bertz CT molecular complexity index is 496. The Kier molecular flexibility index (Phi) is 4.12. The van der Waals surface area contributed by atoms with Crippen molar-refractivity contribution in [1.29, 1.82) is 0 Å². The van der Waals surface area contributed by atoms with E-state index in [2.05, 4.69) is 0 Å². The lowest BCUT2D eigenvalue weighted by Crippen LogP contribution is -2.46. The van der Waals surface area contributed by atoms with E-state index in [0.717, 1.165) is 18.4 Å². The first-order valence-corrected chi connectivity index (χ1v) is 7.01. The van der Waals surface area contributed by atoms with Crippen LogP contribution in [0.1, 0.15) is 38.7 Å². The minimum atomic E-state index is -0.841. The van der Waals surface area contributed by atoms with Crippen LogP contribution in [0.2, 0.25) is 0 Å². The van der Waals surface area contributed by atoms with Gasteiger partial charge in [-0.2, -0.15) is 0 Å². The van der Waals surface area contributed by atoms with Crippen LogP contribution >= 0.6 is 0 Å². The van der Waals surface area contributed by atoms with Gasteiger partial charge < -0.3 is 10.0 Å². The van der Waals surface area contributed by atoms with E-state index in [9.17, 15) is 9.59 Å². The number of carboxylic acid groups (broad SMARTS) is 1. The largest absolute Gasteiger partial charge is 0.481 e. The Hall–Kier alpha value is -1.84. The third-order valence-electron chi connectivity index (χ3n) is 4.08. The molecule has 0 aliphatic carbocycles. The number of nitrogens with zero attached hydrogens (tertiary/aromatic N) is 1. The van der Waals surface area contributed by atoms with Crippen LogP contribution in [0, 0.1) is 0 Å². The lowest BCUT2D eigenvalue weighted by atomic mass is 9.83. The first-order chi connectivity index (χ1) is 9.43. The topological polar surface area (TPSA) is 57.6 Å². The maximum Gasteiger partial charge on any atom is 0.305 e. The molecule has 0 spiro atoms. The van der Waals surface area contributed by atoms with Gasteiger partial charge in [-0.15, -0.1) is 0 Å². The van der Waals surface area contributed by atoms with Crippen molar-refractivity contribution in [3.63, 3.8) is 0 Å². The fraction of sp³-hybridized carbons (Fsp3) is 0.500. The molecule has 1 aliphatic heterocycles. The van der Waals surface area contributed by atoms with Gasteiger partial charge in [-0.3, -0.25) is 9.59 Å². The highest BCUT2D eigenvalue weighted by molar-refractivity contribution is 5.88. The highest BCUT2D eigenvalue weighted by Crippen LogP contribution is 2.30. The fourth-order valence-electron chi connectivity index (χ4n) is 2.85. The molecule has 1 aromatic rings. The number of likely N-dealkylation sites (tertiary alicyclic amines) is 1. The molecule has 1 amide bonds. The summed E-state index contributed by atoms with van der Waals surface area (Å²) in [6, 6.07) is 9.49. The number of rotatable bonds is 4. The number of benzene rings is 1. The molecule has 1 N–H and O–H groups in total. The van der Waals surface area contributed by atoms with Crippen LogP contribution in [-0.4, -0.2) is 34.5 Å². The van der Waals surface area contributed by atoms with E-state index in [1.165, 1.54) is 0 Å². The van der Waals surface area contributed by atoms with Crippen LogP contribution in [0.5, 0.6) is 0 Å². The zero-order valence-corrected chi connectivity index (χ0v) is 12.0. The Morgan fingerprint density at radius 3 is 2.55 bits per heavy atom. The van der Waals surface area contributed by atoms with Crippen molar-refractivity contribution >= 4 is 11.9 Å². The summed E-state index contributed by atoms with van der Waals surface area (Å²) in [6.07, 6.45) is 1.70. The molecule has 0 aromatic heterocycles. The highest BCUT2D eigenvalue weighted by atomic mass is 16.4. The molecule has 20 heavy (non-hydrogen) atoms. The van der Waals surface area contributed by atoms with E-state index in [-0.39, 0.29) is 18.4 Å². The first-order valence-electron chi connectivity index (χ1n) is 7.01. The van der Waals surface area contributed by atoms with Gasteiger partial charge in [0.1, 0.15) is 0 Å². The van der Waals surface area contributed by atoms with Crippen LogP contribution in [0.3, 0.4) is 0 Å². The van der Waals surface area contributed by atoms with Gasteiger partial charge in [0.25, 0.3) is 0 Å². The Morgan fingerprint density at radius 1 is 1.30 bits per heavy atom. The summed E-state index contributed by atoms with van der Waals surface area (Å²) in [4.78, 5) is 25.4. The second-order valence-corrected chi connectivity index (χ2v) is 5.88. The van der Waals surface area contributed by atoms with Crippen LogP contribution in [0.4, 0.5) is 0 Å². The van der Waals surface area contributed by atoms with Crippen LogP contribution in [0.15, 0.2) is 30.3 Å². The van der Waals surface area contributed by atoms with E-state index < -0.39 is 11.4 Å². The highest BCUT2D eigenvalue weighted by Gasteiger charge is 2.39. The SMILES string of the molecule is CC(C)(C(=O)N1CCCC1CC(=O)O)c1ccccc1. The van der Waals surface area contributed by atoms with Gasteiger partial charge in [0.2, 0.25) is 5.91 Å². The number of hydrogen-bond acceptors (Lipinski definition) is 2. The smallest absolute Gasteiger partial charge is 0.305 e. The maximum absolute atomic E-state index is 12.8. The molecule has 1 saturated heterocycles. The number of amides is 1. The van der Waals surface area contributed by atoms with Gasteiger partial charge in [0.05, 0.1) is 11.8 Å². The summed E-state index contributed by atoms with van der Waals surface area (Å²) in [7, 11) is 0. The molecule has 0 bridgehead atoms. The van der Waals surface area contributed by atoms with Gasteiger partial charge in [-0.05, 0) is 32.3 Å². The molecule has 4 heteroatoms. The van der Waals surface area contributed by atoms with Crippen molar-refractivity contribution in [3.8, 4) is 0 Å². The predicted octanol–water partition coefficient (Wildman–Crippen LogP) is 2.43. The maximum atomic E-state index is 12.8. The van der Waals surface area contributed by atoms with Crippen LogP contribution in [-0.2, 0) is 15.0 Å². The second-order valence-electron chi connectivity index (χ2n) is 5.88. The van der Waals surface area contributed by atoms with Gasteiger partial charge in [-0.1, -0.05) is 30.3 Å². The van der Waals surface area contributed by atoms with Gasteiger partial charge in [-0.25, -0.2) is 0 Å². The standard InChI is InChI=1S/C16H21NO3/c1-16(2,12-7-4-3-5-8-12)15(20)17-10-6-9-13(17)11-14(18)19/h3-5,7-8,13H,6,9-11H2,1-2H3,(H,18,19). The van der Waals surface area contributed by atoms with Crippen molar-refractivity contribution in [1.82, 2.24) is 4.90 Å². The lowest BCUT2D eigenvalue weighted by Gasteiger charge is -2.33. The summed E-state index contributed by atoms with van der Waals surface area (Å²) in [5.74, 6) is -0.820. The Labute approximate surface area is 119 Å². The summed E-state index contributed by atoms with van der Waals surface area (Å²) in [5, 5.41) is 8.96. The fourth-order valence-corrected chi connectivity index (χ4v) is 2.85. The first kappa shape index (κ1) is 14.6. The molecule has 1 heterocycles. The average Bonchev–Trinajstić information content (AvgIpc) is 2.86. The molecule has 1 aliphatic rings. The summed E-state index contributed by atoms with van der Waals surface area (Å²) in [5.41, 5.74) is 0.341. The molecule has 4 nitrogen and oxygen atoms in total. The average molecular weight is 275 g/mol. The lowest BCUT2D eigenvalue weighted by molar-refractivity contribution is -0.141. The van der Waals surface area contributed by atoms with Gasteiger partial charge >= 0.3 is 5.97 Å². The number of carbonyl (C=O) groups excluding carboxylic acids is 1. The Balaban J connectivity index is 2.19. The Morgan fingerprint density at radius 2 is 1.95 bits per heavy atom. The van der Waals surface area contributed by atoms with Gasteiger partial charge in [0, 0.05) is 12.6 Å². The molecule has 1 unspecified atom stereocenters. The van der Waals surface area contributed by atoms with Crippen molar-refractivity contribution in [2.45, 2.75) is 44.6 Å². The van der Waals surface area contributed by atoms with Crippen molar-refractivity contribution in [2.75, 3.05) is 6.54 Å². The predicted molar refractivity (Wildman–Crippen MR) is 76.5 cm³/mol. The normalized spacial score (nSPS) is 19.1. The van der Waals surface area contributed by atoms with E-state index in [4.69, 9.17) is 5.11 Å². The van der Waals surface area contributed by atoms with Crippen molar-refractivity contribution in [3.05, 3.63) is 35.9 Å². The molecule has 0 radical (unpaired) electrons. The van der Waals surface area contributed by atoms with Crippen LogP contribution in [0.25, 0.3) is 0 Å². The molecule has 0 saturated carbocycles. The number of hydrogen-bond donors (Lipinski definition) is 1. The van der Waals surface area contributed by atoms with E-state index in [1.54, 1.807) is 4.90 Å². The second kappa shape index (κ2) is 5.65. The van der Waals surface area contributed by atoms with E-state index in [1.807, 2.05) is 44.2 Å².